The Hall–Kier alpha value is -3.48. The fourth-order valence-electron chi connectivity index (χ4n) is 2.98. The normalized spacial score (nSPS) is 10.5. The second-order valence-corrected chi connectivity index (χ2v) is 6.12. The van der Waals surface area contributed by atoms with Crippen molar-refractivity contribution < 1.29 is 19.0 Å². The van der Waals surface area contributed by atoms with Crippen molar-refractivity contribution in [2.75, 3.05) is 27.9 Å². The van der Waals surface area contributed by atoms with Gasteiger partial charge in [-0.1, -0.05) is 0 Å². The Balaban J connectivity index is 1.76. The summed E-state index contributed by atoms with van der Waals surface area (Å²) in [5.74, 6) is 1.67. The molecule has 0 radical (unpaired) electrons. The van der Waals surface area contributed by atoms with Crippen molar-refractivity contribution in [3.63, 3.8) is 0 Å². The van der Waals surface area contributed by atoms with Crippen LogP contribution in [0.25, 0.3) is 10.9 Å². The maximum Gasteiger partial charge on any atom is 0.251 e. The van der Waals surface area contributed by atoms with Crippen LogP contribution in [0.3, 0.4) is 0 Å². The Kier molecular flexibility index (Phi) is 5.84. The number of amides is 1. The molecule has 2 N–H and O–H groups in total. The van der Waals surface area contributed by atoms with Gasteiger partial charge in [0.15, 0.2) is 0 Å². The van der Waals surface area contributed by atoms with Gasteiger partial charge in [0.1, 0.15) is 17.2 Å². The summed E-state index contributed by atoms with van der Waals surface area (Å²) in [6.45, 7) is 0.325. The number of benzene rings is 2. The van der Waals surface area contributed by atoms with Crippen LogP contribution in [0.5, 0.6) is 17.2 Å². The van der Waals surface area contributed by atoms with E-state index in [0.717, 1.165) is 5.39 Å². The molecule has 0 aliphatic carbocycles. The number of aromatic amines is 1. The summed E-state index contributed by atoms with van der Waals surface area (Å²) >= 11 is 0. The van der Waals surface area contributed by atoms with Gasteiger partial charge in [-0.3, -0.25) is 9.59 Å². The van der Waals surface area contributed by atoms with E-state index < -0.39 is 0 Å². The van der Waals surface area contributed by atoms with Gasteiger partial charge in [-0.25, -0.2) is 0 Å². The van der Waals surface area contributed by atoms with Gasteiger partial charge >= 0.3 is 0 Å². The summed E-state index contributed by atoms with van der Waals surface area (Å²) in [4.78, 5) is 27.5. The zero-order valence-corrected chi connectivity index (χ0v) is 16.0. The number of aromatic nitrogens is 1. The molecular formula is C21H22N2O5. The van der Waals surface area contributed by atoms with Gasteiger partial charge in [0, 0.05) is 23.1 Å². The first-order valence-electron chi connectivity index (χ1n) is 8.76. The zero-order chi connectivity index (χ0) is 20.1. The number of nitrogens with one attached hydrogen (secondary N) is 2. The van der Waals surface area contributed by atoms with Crippen molar-refractivity contribution in [1.82, 2.24) is 10.3 Å². The molecule has 0 saturated carbocycles. The predicted molar refractivity (Wildman–Crippen MR) is 107 cm³/mol. The number of hydrogen-bond acceptors (Lipinski definition) is 5. The number of H-pyrrole nitrogens is 1. The van der Waals surface area contributed by atoms with Gasteiger partial charge in [-0.2, -0.15) is 0 Å². The molecule has 3 rings (SSSR count). The molecule has 7 heteroatoms. The number of rotatable bonds is 7. The van der Waals surface area contributed by atoms with Crippen molar-refractivity contribution >= 4 is 16.8 Å². The first-order chi connectivity index (χ1) is 13.6. The van der Waals surface area contributed by atoms with Crippen LogP contribution in [0, 0.1) is 0 Å². The molecular weight excluding hydrogens is 360 g/mol. The molecule has 0 fully saturated rings. The highest BCUT2D eigenvalue weighted by Gasteiger charge is 2.12. The number of methoxy groups -OCH3 is 3. The quantitative estimate of drug-likeness (QED) is 0.655. The Bertz CT molecular complexity index is 1040. The van der Waals surface area contributed by atoms with Crippen molar-refractivity contribution in [1.29, 1.82) is 0 Å². The van der Waals surface area contributed by atoms with Crippen LogP contribution in [-0.2, 0) is 6.42 Å². The molecule has 2 aromatic carbocycles. The predicted octanol–water partition coefficient (Wildman–Crippen LogP) is 2.53. The molecule has 146 valence electrons. The van der Waals surface area contributed by atoms with Crippen molar-refractivity contribution in [3.05, 3.63) is 63.9 Å². The maximum atomic E-state index is 12.4. The van der Waals surface area contributed by atoms with Gasteiger partial charge in [-0.15, -0.1) is 0 Å². The maximum absolute atomic E-state index is 12.4. The minimum absolute atomic E-state index is 0.209. The first kappa shape index (κ1) is 19.3. The summed E-state index contributed by atoms with van der Waals surface area (Å²) in [5, 5.41) is 3.57. The van der Waals surface area contributed by atoms with E-state index in [1.807, 2.05) is 0 Å². The summed E-state index contributed by atoms with van der Waals surface area (Å²) < 4.78 is 15.8. The molecule has 3 aromatic rings. The van der Waals surface area contributed by atoms with E-state index in [0.29, 0.717) is 46.9 Å². The average molecular weight is 382 g/mol. The number of carbonyl (C=O) groups is 1. The third kappa shape index (κ3) is 3.93. The number of fused-ring (bicyclic) bond motifs is 1. The van der Waals surface area contributed by atoms with E-state index in [-0.39, 0.29) is 11.5 Å². The van der Waals surface area contributed by atoms with E-state index in [9.17, 15) is 9.59 Å². The van der Waals surface area contributed by atoms with Crippen LogP contribution in [0.15, 0.2) is 47.3 Å². The van der Waals surface area contributed by atoms with Crippen LogP contribution in [0.2, 0.25) is 0 Å². The Labute approximate surface area is 162 Å². The topological polar surface area (TPSA) is 89.7 Å². The van der Waals surface area contributed by atoms with E-state index in [1.165, 1.54) is 0 Å². The Morgan fingerprint density at radius 1 is 0.964 bits per heavy atom. The Morgan fingerprint density at radius 2 is 1.64 bits per heavy atom. The van der Waals surface area contributed by atoms with E-state index in [2.05, 4.69) is 10.3 Å². The zero-order valence-electron chi connectivity index (χ0n) is 16.0. The second-order valence-electron chi connectivity index (χ2n) is 6.12. The number of hydrogen-bond donors (Lipinski definition) is 2. The van der Waals surface area contributed by atoms with Crippen molar-refractivity contribution in [3.8, 4) is 17.2 Å². The van der Waals surface area contributed by atoms with Crippen LogP contribution in [-0.4, -0.2) is 38.8 Å². The molecule has 28 heavy (non-hydrogen) atoms. The van der Waals surface area contributed by atoms with Gasteiger partial charge in [-0.05, 0) is 48.9 Å². The lowest BCUT2D eigenvalue weighted by Gasteiger charge is -2.11. The molecule has 0 unspecified atom stereocenters. The summed E-state index contributed by atoms with van der Waals surface area (Å²) in [5.41, 5.74) is 1.43. The molecule has 0 spiro atoms. The highest BCUT2D eigenvalue weighted by molar-refractivity contribution is 5.94. The second kappa shape index (κ2) is 8.47. The number of ether oxygens (including phenoxy) is 3. The monoisotopic (exact) mass is 382 g/mol. The lowest BCUT2D eigenvalue weighted by Crippen LogP contribution is -2.27. The lowest BCUT2D eigenvalue weighted by molar-refractivity contribution is 0.0954. The summed E-state index contributed by atoms with van der Waals surface area (Å²) in [6.07, 6.45) is 0.382. The van der Waals surface area contributed by atoms with Crippen LogP contribution in [0.4, 0.5) is 0 Å². The molecule has 1 aromatic heterocycles. The molecule has 0 aliphatic rings. The van der Waals surface area contributed by atoms with Gasteiger partial charge in [0.05, 0.1) is 26.8 Å². The average Bonchev–Trinajstić information content (AvgIpc) is 2.73. The summed E-state index contributed by atoms with van der Waals surface area (Å²) in [7, 11) is 4.68. The SMILES string of the molecule is COc1ccc(C(=O)NCCc2cc3c(OC)ccc(OC)c3[nH]c2=O)cc1. The minimum Gasteiger partial charge on any atom is -0.497 e. The number of pyridine rings is 1. The van der Waals surface area contributed by atoms with Gasteiger partial charge in [0.2, 0.25) is 0 Å². The first-order valence-corrected chi connectivity index (χ1v) is 8.76. The van der Waals surface area contributed by atoms with Crippen molar-refractivity contribution in [2.45, 2.75) is 6.42 Å². The molecule has 0 aliphatic heterocycles. The molecule has 0 saturated heterocycles. The van der Waals surface area contributed by atoms with E-state index in [1.54, 1.807) is 63.8 Å². The van der Waals surface area contributed by atoms with E-state index in [4.69, 9.17) is 14.2 Å². The lowest BCUT2D eigenvalue weighted by atomic mass is 10.1. The van der Waals surface area contributed by atoms with Crippen LogP contribution >= 0.6 is 0 Å². The largest absolute Gasteiger partial charge is 0.497 e. The van der Waals surface area contributed by atoms with Crippen LogP contribution < -0.4 is 25.1 Å². The third-order valence-corrected chi connectivity index (χ3v) is 4.49. The van der Waals surface area contributed by atoms with Crippen LogP contribution in [0.1, 0.15) is 15.9 Å². The van der Waals surface area contributed by atoms with Gasteiger partial charge in [0.25, 0.3) is 11.5 Å². The Morgan fingerprint density at radius 3 is 2.29 bits per heavy atom. The molecule has 7 nitrogen and oxygen atoms in total. The standard InChI is InChI=1S/C21H22N2O5/c1-26-15-6-4-13(5-7-15)20(24)22-11-10-14-12-16-17(27-2)8-9-18(28-3)19(16)23-21(14)25/h4-9,12H,10-11H2,1-3H3,(H,22,24)(H,23,25). The minimum atomic E-state index is -0.224. The molecule has 0 atom stereocenters. The fraction of sp³-hybridized carbons (Fsp3) is 0.238. The fourth-order valence-corrected chi connectivity index (χ4v) is 2.98. The smallest absolute Gasteiger partial charge is 0.251 e. The van der Waals surface area contributed by atoms with Crippen molar-refractivity contribution in [2.24, 2.45) is 0 Å². The number of carbonyl (C=O) groups excluding carboxylic acids is 1. The van der Waals surface area contributed by atoms with Gasteiger partial charge < -0.3 is 24.5 Å². The molecule has 1 heterocycles. The third-order valence-electron chi connectivity index (χ3n) is 4.49. The molecule has 0 bridgehead atoms. The molecule has 1 amide bonds. The highest BCUT2D eigenvalue weighted by Crippen LogP contribution is 2.31. The summed E-state index contributed by atoms with van der Waals surface area (Å²) in [6, 6.07) is 12.1. The van der Waals surface area contributed by atoms with E-state index >= 15 is 0 Å². The highest BCUT2D eigenvalue weighted by atomic mass is 16.5.